The Kier molecular flexibility index (Phi) is 5.15. The van der Waals surface area contributed by atoms with Gasteiger partial charge in [0, 0.05) is 0 Å². The number of carbonyl (C=O) groups is 1. The summed E-state index contributed by atoms with van der Waals surface area (Å²) >= 11 is -0.0594. The van der Waals surface area contributed by atoms with Crippen molar-refractivity contribution in [3.05, 3.63) is 102 Å². The first-order chi connectivity index (χ1) is 15.4. The van der Waals surface area contributed by atoms with Gasteiger partial charge in [-0.25, -0.2) is 0 Å². The molecule has 2 aliphatic rings. The Morgan fingerprint density at radius 1 is 0.750 bits per heavy atom. The van der Waals surface area contributed by atoms with Crippen molar-refractivity contribution in [3.63, 3.8) is 0 Å². The van der Waals surface area contributed by atoms with Gasteiger partial charge in [-0.05, 0) is 0 Å². The van der Waals surface area contributed by atoms with E-state index in [2.05, 4.69) is 98.8 Å². The van der Waals surface area contributed by atoms with E-state index in [0.29, 0.717) is 0 Å². The molecule has 0 amide bonds. The molecule has 2 nitrogen and oxygen atoms in total. The van der Waals surface area contributed by atoms with Crippen molar-refractivity contribution in [1.82, 2.24) is 0 Å². The van der Waals surface area contributed by atoms with Gasteiger partial charge in [-0.2, -0.15) is 0 Å². The molecule has 32 heavy (non-hydrogen) atoms. The second-order valence-electron chi connectivity index (χ2n) is 9.46. The fraction of sp³-hybridized carbons (Fsp3) is 0.276. The fourth-order valence-corrected chi connectivity index (χ4v) is 9.75. The summed E-state index contributed by atoms with van der Waals surface area (Å²) in [5.74, 6) is -0.0619. The van der Waals surface area contributed by atoms with Crippen LogP contribution in [0.3, 0.4) is 0 Å². The predicted octanol–water partition coefficient (Wildman–Crippen LogP) is 5.78. The van der Waals surface area contributed by atoms with E-state index in [1.165, 1.54) is 26.7 Å². The van der Waals surface area contributed by atoms with Gasteiger partial charge in [0.25, 0.3) is 0 Å². The van der Waals surface area contributed by atoms with Crippen LogP contribution in [0, 0.1) is 10.8 Å². The van der Waals surface area contributed by atoms with Gasteiger partial charge in [0.2, 0.25) is 0 Å². The Bertz CT molecular complexity index is 1170. The van der Waals surface area contributed by atoms with E-state index in [1.807, 2.05) is 6.07 Å². The zero-order valence-electron chi connectivity index (χ0n) is 18.8. The Balaban J connectivity index is 1.78. The van der Waals surface area contributed by atoms with Crippen LogP contribution in [0.2, 0.25) is 4.31 Å². The van der Waals surface area contributed by atoms with Gasteiger partial charge in [-0.15, -0.1) is 0 Å². The van der Waals surface area contributed by atoms with E-state index in [9.17, 15) is 4.79 Å². The molecular formula is C29H28O2Se. The maximum atomic E-state index is 13.7. The molecule has 3 unspecified atom stereocenters. The summed E-state index contributed by atoms with van der Waals surface area (Å²) in [5.41, 5.74) is 4.80. The summed E-state index contributed by atoms with van der Waals surface area (Å²) in [6.07, 6.45) is 1.77. The molecule has 0 aromatic heterocycles. The summed E-state index contributed by atoms with van der Waals surface area (Å²) in [4.78, 5) is 13.7. The minimum atomic E-state index is -0.547. The molecule has 0 heterocycles. The summed E-state index contributed by atoms with van der Waals surface area (Å²) in [5, 5.41) is 0. The average molecular weight is 488 g/mol. The SMILES string of the molecule is COC(=O)C1([Se]c2ccccc2)CC2(C)CC1(C)C(c1ccccc1)=C2c1ccccc1. The van der Waals surface area contributed by atoms with Gasteiger partial charge in [-0.1, -0.05) is 0 Å². The molecule has 0 spiro atoms. The van der Waals surface area contributed by atoms with Crippen LogP contribution in [0.5, 0.6) is 0 Å². The van der Waals surface area contributed by atoms with Gasteiger partial charge in [-0.3, -0.25) is 0 Å². The quantitative estimate of drug-likeness (QED) is 0.337. The fourth-order valence-electron chi connectivity index (χ4n) is 6.28. The molecule has 2 aliphatic carbocycles. The number of hydrogen-bond acceptors (Lipinski definition) is 2. The van der Waals surface area contributed by atoms with Gasteiger partial charge in [0.15, 0.2) is 0 Å². The number of hydrogen-bond donors (Lipinski definition) is 0. The first-order valence-corrected chi connectivity index (χ1v) is 12.8. The number of allylic oxidation sites excluding steroid dienone is 2. The number of esters is 1. The van der Waals surface area contributed by atoms with Crippen LogP contribution in [-0.4, -0.2) is 28.0 Å². The number of methoxy groups -OCH3 is 1. The standard InChI is InChI=1S/C29H28O2Se/c1-27-19-28(2,29(20-27,26(30)31-3)32-23-17-11-6-12-18-23)25(22-15-9-5-10-16-22)24(27)21-13-7-4-8-14-21/h4-18H,19-20H2,1-3H3. The molecule has 2 bridgehead atoms. The van der Waals surface area contributed by atoms with Crippen LogP contribution in [0.25, 0.3) is 11.1 Å². The van der Waals surface area contributed by atoms with Gasteiger partial charge in [0.1, 0.15) is 0 Å². The van der Waals surface area contributed by atoms with Gasteiger partial charge >= 0.3 is 197 Å². The average Bonchev–Trinajstić information content (AvgIpc) is 3.21. The number of carbonyl (C=O) groups excluding carboxylic acids is 1. The third-order valence-corrected chi connectivity index (χ3v) is 10.7. The van der Waals surface area contributed by atoms with E-state index in [4.69, 9.17) is 4.74 Å². The van der Waals surface area contributed by atoms with Crippen LogP contribution in [0.4, 0.5) is 0 Å². The summed E-state index contributed by atoms with van der Waals surface area (Å²) in [6.45, 7) is 4.67. The summed E-state index contributed by atoms with van der Waals surface area (Å²) in [6, 6.07) is 31.9. The van der Waals surface area contributed by atoms with Crippen molar-refractivity contribution < 1.29 is 9.53 Å². The molecular weight excluding hydrogens is 459 g/mol. The topological polar surface area (TPSA) is 26.3 Å². The van der Waals surface area contributed by atoms with Crippen LogP contribution in [-0.2, 0) is 9.53 Å². The van der Waals surface area contributed by atoms with E-state index >= 15 is 0 Å². The monoisotopic (exact) mass is 488 g/mol. The van der Waals surface area contributed by atoms with Crippen molar-refractivity contribution in [1.29, 1.82) is 0 Å². The molecule has 5 rings (SSSR count). The normalized spacial score (nSPS) is 28.7. The minimum absolute atomic E-state index is 0.0594. The molecule has 3 heteroatoms. The van der Waals surface area contributed by atoms with E-state index in [-0.39, 0.29) is 31.8 Å². The molecule has 1 fully saturated rings. The first-order valence-electron chi connectivity index (χ1n) is 11.1. The molecule has 3 aromatic carbocycles. The van der Waals surface area contributed by atoms with Crippen molar-refractivity contribution in [2.75, 3.05) is 7.11 Å². The van der Waals surface area contributed by atoms with Crippen LogP contribution in [0.1, 0.15) is 37.8 Å². The Hall–Kier alpha value is -2.61. The van der Waals surface area contributed by atoms with Crippen molar-refractivity contribution >= 4 is 36.5 Å². The predicted molar refractivity (Wildman–Crippen MR) is 132 cm³/mol. The van der Waals surface area contributed by atoms with Crippen molar-refractivity contribution in [2.45, 2.75) is 31.0 Å². The molecule has 0 N–H and O–H groups in total. The molecule has 0 saturated heterocycles. The molecule has 1 saturated carbocycles. The van der Waals surface area contributed by atoms with Crippen molar-refractivity contribution in [3.8, 4) is 0 Å². The van der Waals surface area contributed by atoms with Crippen LogP contribution in [0.15, 0.2) is 91.0 Å². The van der Waals surface area contributed by atoms with E-state index in [1.54, 1.807) is 7.11 Å². The third-order valence-electron chi connectivity index (χ3n) is 7.35. The van der Waals surface area contributed by atoms with Gasteiger partial charge < -0.3 is 0 Å². The molecule has 0 aliphatic heterocycles. The van der Waals surface area contributed by atoms with Gasteiger partial charge in [0.05, 0.1) is 0 Å². The number of fused-ring (bicyclic) bond motifs is 2. The summed E-state index contributed by atoms with van der Waals surface area (Å²) < 4.78 is 6.25. The zero-order chi connectivity index (χ0) is 22.4. The second kappa shape index (κ2) is 7.76. The number of ether oxygens (including phenoxy) is 1. The van der Waals surface area contributed by atoms with E-state index < -0.39 is 4.31 Å². The Labute approximate surface area is 196 Å². The maximum absolute atomic E-state index is 13.7. The van der Waals surface area contributed by atoms with Crippen molar-refractivity contribution in [2.24, 2.45) is 10.8 Å². The van der Waals surface area contributed by atoms with Crippen LogP contribution < -0.4 is 4.46 Å². The Morgan fingerprint density at radius 2 is 1.25 bits per heavy atom. The Morgan fingerprint density at radius 3 is 1.78 bits per heavy atom. The molecule has 3 aromatic rings. The number of rotatable bonds is 5. The molecule has 0 radical (unpaired) electrons. The third kappa shape index (κ3) is 3.03. The summed E-state index contributed by atoms with van der Waals surface area (Å²) in [7, 11) is 1.55. The zero-order valence-corrected chi connectivity index (χ0v) is 20.5. The number of benzene rings is 3. The molecule has 3 atom stereocenters. The van der Waals surface area contributed by atoms with Crippen LogP contribution >= 0.6 is 0 Å². The molecule has 162 valence electrons. The first kappa shape index (κ1) is 21.2. The second-order valence-corrected chi connectivity index (χ2v) is 12.3. The van der Waals surface area contributed by atoms with E-state index in [0.717, 1.165) is 12.8 Å².